The number of imidazole rings is 2. The fraction of sp³-hybridized carbons (Fsp3) is 0.524. The number of hydrogen-bond donors (Lipinski definition) is 5. The third-order valence-corrected chi connectivity index (χ3v) is 9.97. The molecule has 3 aliphatic rings. The van der Waals surface area contributed by atoms with E-state index in [1.807, 2.05) is 0 Å². The Morgan fingerprint density at radius 2 is 1.39 bits per heavy atom. The fourth-order valence-electron chi connectivity index (χ4n) is 5.59. The maximum atomic E-state index is 15.9. The molecule has 21 nitrogen and oxygen atoms in total. The van der Waals surface area contributed by atoms with Crippen LogP contribution in [0.25, 0.3) is 22.3 Å². The molecule has 46 heavy (non-hydrogen) atoms. The molecule has 3 fully saturated rings. The van der Waals surface area contributed by atoms with Gasteiger partial charge in [0.1, 0.15) is 25.9 Å². The molecular formula is C21H23F2N10O11P2-. The number of anilines is 2. The molecule has 0 amide bonds. The summed E-state index contributed by atoms with van der Waals surface area (Å²) in [4.78, 5) is 68.1. The molecule has 4 unspecified atom stereocenters. The first-order valence-electron chi connectivity index (χ1n) is 13.4. The second-order valence-electron chi connectivity index (χ2n) is 10.6. The van der Waals surface area contributed by atoms with Gasteiger partial charge in [0.2, 0.25) is 11.9 Å². The first-order valence-corrected chi connectivity index (χ1v) is 16.6. The maximum absolute atomic E-state index is 15.9. The highest BCUT2D eigenvalue weighted by Gasteiger charge is 2.53. The van der Waals surface area contributed by atoms with Gasteiger partial charge in [-0.1, -0.05) is 0 Å². The third kappa shape index (κ3) is 5.32. The molecule has 7 heterocycles. The maximum Gasteiger partial charge on any atom is 0.472 e. The topological polar surface area (TPSA) is 303 Å². The molecule has 0 aliphatic carbocycles. The summed E-state index contributed by atoms with van der Waals surface area (Å²) < 4.78 is 86.6. The summed E-state index contributed by atoms with van der Waals surface area (Å²) in [5.74, 6) is -0.637. The first kappa shape index (κ1) is 31.0. The number of ether oxygens (including phenoxy) is 2. The number of aromatic nitrogens is 8. The Morgan fingerprint density at radius 3 is 1.93 bits per heavy atom. The van der Waals surface area contributed by atoms with Crippen LogP contribution in [0.2, 0.25) is 0 Å². The smallest absolute Gasteiger partial charge is 0.472 e. The zero-order valence-corrected chi connectivity index (χ0v) is 24.7. The Bertz CT molecular complexity index is 1910. The summed E-state index contributed by atoms with van der Waals surface area (Å²) in [6, 6.07) is 0. The normalized spacial score (nSPS) is 37.1. The van der Waals surface area contributed by atoms with E-state index in [0.29, 0.717) is 0 Å². The van der Waals surface area contributed by atoms with Gasteiger partial charge >= 0.3 is 7.82 Å². The van der Waals surface area contributed by atoms with Crippen molar-refractivity contribution in [3.63, 3.8) is 0 Å². The van der Waals surface area contributed by atoms with E-state index in [1.165, 1.54) is 0 Å². The molecule has 0 radical (unpaired) electrons. The fourth-order valence-corrected chi connectivity index (χ4v) is 7.84. The van der Waals surface area contributed by atoms with Crippen LogP contribution in [0.3, 0.4) is 0 Å². The van der Waals surface area contributed by atoms with Crippen LogP contribution in [-0.2, 0) is 32.2 Å². The number of hydrogen-bond acceptors (Lipinski definition) is 16. The Kier molecular flexibility index (Phi) is 7.38. The number of fused-ring (bicyclic) bond motifs is 4. The van der Waals surface area contributed by atoms with Gasteiger partial charge in [0, 0.05) is 6.16 Å². The zero-order valence-electron chi connectivity index (χ0n) is 22.9. The Labute approximate surface area is 253 Å². The highest BCUT2D eigenvalue weighted by Crippen LogP contribution is 2.53. The number of halogens is 2. The lowest BCUT2D eigenvalue weighted by Crippen LogP contribution is -2.37. The summed E-state index contributed by atoms with van der Waals surface area (Å²) in [6.07, 6.45) is -14.2. The molecule has 4 aromatic rings. The summed E-state index contributed by atoms with van der Waals surface area (Å²) in [6.45, 7) is -0.963. The SMILES string of the molecule is Nc1nc2c(ncn2[C@@H]2O[C@@H]3CCP(=O)([O-])OC4[C@@H](COP(=O)(O)O[C@@H]3C2F)O[C@@H](n2cnc3c(=O)[nH]c(N)nc32)[C@H]4F)c(=O)[nH]1. The van der Waals surface area contributed by atoms with Crippen molar-refractivity contribution in [3.05, 3.63) is 33.4 Å². The van der Waals surface area contributed by atoms with Crippen molar-refractivity contribution in [2.75, 3.05) is 24.2 Å². The largest absolute Gasteiger partial charge is 0.778 e. The highest BCUT2D eigenvalue weighted by atomic mass is 31.2. The van der Waals surface area contributed by atoms with Gasteiger partial charge in [0.05, 0.1) is 25.4 Å². The summed E-state index contributed by atoms with van der Waals surface area (Å²) in [5, 5.41) is 0. The lowest BCUT2D eigenvalue weighted by molar-refractivity contribution is -0.206. The number of rotatable bonds is 2. The molecular weight excluding hydrogens is 668 g/mol. The second kappa shape index (κ2) is 11.0. The van der Waals surface area contributed by atoms with E-state index in [2.05, 4.69) is 29.9 Å². The number of phosphoric ester groups is 1. The average molecular weight is 691 g/mol. The van der Waals surface area contributed by atoms with Crippen molar-refractivity contribution in [2.24, 2.45) is 0 Å². The zero-order chi connectivity index (χ0) is 32.7. The summed E-state index contributed by atoms with van der Waals surface area (Å²) in [7, 11) is -10.2. The molecule has 0 bridgehead atoms. The minimum atomic E-state index is -5.18. The lowest BCUT2D eigenvalue weighted by atomic mass is 10.1. The van der Waals surface area contributed by atoms with E-state index in [4.69, 9.17) is 34.5 Å². The van der Waals surface area contributed by atoms with E-state index >= 15 is 8.78 Å². The van der Waals surface area contributed by atoms with Crippen LogP contribution in [0, 0.1) is 0 Å². The lowest BCUT2D eigenvalue weighted by Gasteiger charge is -2.32. The standard InChI is InChI=1S/C21H24F2N10O11P2/c22-8-12-6(41-18(8)32-4-26-10-14(32)28-20(24)30-16(10)34)1-2-45(36,37)43-13-7(3-40-46(38,39)44-12)42-19(9(13)23)33-5-27-11-15(33)29-21(25)31-17(11)35/h4-9,12-13,18-19H,1-3H2,(H,36,37)(H,38,39)(H3,24,28,30,34)(H3,25,29,31,35)/p-1/t6-,7-,8?,9+,12+,13?,18-,19-/m1/s1. The quantitative estimate of drug-likeness (QED) is 0.153. The van der Waals surface area contributed by atoms with Crippen molar-refractivity contribution in [2.45, 2.75) is 55.6 Å². The number of aromatic amines is 2. The van der Waals surface area contributed by atoms with E-state index in [-0.39, 0.29) is 34.2 Å². The minimum Gasteiger partial charge on any atom is -0.778 e. The summed E-state index contributed by atoms with van der Waals surface area (Å²) in [5.41, 5.74) is 8.90. The molecule has 7 N–H and O–H groups in total. The van der Waals surface area contributed by atoms with Gasteiger partial charge in [-0.2, -0.15) is 9.97 Å². The van der Waals surface area contributed by atoms with Crippen LogP contribution in [0.4, 0.5) is 20.7 Å². The van der Waals surface area contributed by atoms with Gasteiger partial charge in [-0.3, -0.25) is 37.7 Å². The number of nitrogens with zero attached hydrogens (tertiary/aromatic N) is 6. The monoisotopic (exact) mass is 691 g/mol. The Morgan fingerprint density at radius 1 is 0.891 bits per heavy atom. The van der Waals surface area contributed by atoms with Crippen LogP contribution in [0.5, 0.6) is 0 Å². The predicted octanol–water partition coefficient (Wildman–Crippen LogP) is -1.27. The molecule has 0 aromatic carbocycles. The van der Waals surface area contributed by atoms with Crippen LogP contribution in [0.15, 0.2) is 22.2 Å². The van der Waals surface area contributed by atoms with Crippen molar-refractivity contribution in [3.8, 4) is 0 Å². The third-order valence-electron chi connectivity index (χ3n) is 7.61. The predicted molar refractivity (Wildman–Crippen MR) is 145 cm³/mol. The number of H-pyrrole nitrogens is 2. The van der Waals surface area contributed by atoms with Crippen molar-refractivity contribution >= 4 is 49.6 Å². The van der Waals surface area contributed by atoms with Gasteiger partial charge in [-0.05, 0) is 6.42 Å². The van der Waals surface area contributed by atoms with E-state index in [0.717, 1.165) is 21.8 Å². The van der Waals surface area contributed by atoms with Crippen LogP contribution in [-0.4, -0.2) is 93.5 Å². The average Bonchev–Trinajstić information content (AvgIpc) is 3.72. The van der Waals surface area contributed by atoms with Gasteiger partial charge in [0.25, 0.3) is 11.1 Å². The number of nitrogen functional groups attached to an aromatic ring is 2. The molecule has 7 rings (SSSR count). The first-order chi connectivity index (χ1) is 21.7. The van der Waals surface area contributed by atoms with Crippen molar-refractivity contribution < 1.29 is 50.7 Å². The van der Waals surface area contributed by atoms with E-state index < -0.39 is 94.9 Å². The van der Waals surface area contributed by atoms with Crippen molar-refractivity contribution in [1.29, 1.82) is 0 Å². The molecule has 3 aliphatic heterocycles. The molecule has 0 saturated carbocycles. The number of nitrogens with two attached hydrogens (primary N) is 2. The molecule has 10 atom stereocenters. The van der Waals surface area contributed by atoms with Gasteiger partial charge in [0.15, 0.2) is 47.1 Å². The van der Waals surface area contributed by atoms with Crippen LogP contribution >= 0.6 is 15.4 Å². The molecule has 248 valence electrons. The number of phosphoric acid groups is 1. The van der Waals surface area contributed by atoms with E-state index in [9.17, 15) is 28.5 Å². The molecule has 3 saturated heterocycles. The van der Waals surface area contributed by atoms with Gasteiger partial charge in [-0.25, -0.2) is 23.3 Å². The van der Waals surface area contributed by atoms with E-state index in [1.54, 1.807) is 0 Å². The number of alkyl halides is 2. The van der Waals surface area contributed by atoms with Crippen LogP contribution in [0.1, 0.15) is 18.9 Å². The number of nitrogens with one attached hydrogen (secondary N) is 2. The molecule has 0 spiro atoms. The van der Waals surface area contributed by atoms with Gasteiger partial charge < -0.3 is 39.8 Å². The molecule has 25 heteroatoms. The van der Waals surface area contributed by atoms with Gasteiger partial charge in [-0.15, -0.1) is 0 Å². The second-order valence-corrected chi connectivity index (χ2v) is 13.9. The minimum absolute atomic E-state index is 0.186. The van der Waals surface area contributed by atoms with Crippen molar-refractivity contribution in [1.82, 2.24) is 39.0 Å². The molecule has 4 aromatic heterocycles. The Hall–Kier alpha value is -3.66. The van der Waals surface area contributed by atoms with Crippen LogP contribution < -0.4 is 27.5 Å². The Balaban J connectivity index is 1.18. The summed E-state index contributed by atoms with van der Waals surface area (Å²) >= 11 is 0. The highest BCUT2D eigenvalue weighted by molar-refractivity contribution is 7.51.